The van der Waals surface area contributed by atoms with Crippen LogP contribution >= 0.6 is 0 Å². The monoisotopic (exact) mass is 185 g/mol. The fraction of sp³-hybridized carbons (Fsp3) is 1.00. The minimum Gasteiger partial charge on any atom is -0.374 e. The minimum atomic E-state index is 0.379. The molecule has 1 heterocycles. The highest BCUT2D eigenvalue weighted by Gasteiger charge is 2.23. The topological polar surface area (TPSA) is 12.5 Å². The number of nitrogens with zero attached hydrogens (tertiary/aromatic N) is 1. The van der Waals surface area contributed by atoms with Crippen molar-refractivity contribution < 1.29 is 4.74 Å². The molecule has 0 bridgehead atoms. The fourth-order valence-electron chi connectivity index (χ4n) is 1.98. The predicted molar refractivity (Wildman–Crippen MR) is 55.9 cm³/mol. The molecule has 0 aromatic carbocycles. The lowest BCUT2D eigenvalue weighted by molar-refractivity contribution is 0.0136. The zero-order chi connectivity index (χ0) is 9.84. The lowest BCUT2D eigenvalue weighted by atomic mass is 10.2. The van der Waals surface area contributed by atoms with Gasteiger partial charge in [-0.1, -0.05) is 13.8 Å². The van der Waals surface area contributed by atoms with E-state index in [9.17, 15) is 0 Å². The molecule has 0 unspecified atom stereocenters. The van der Waals surface area contributed by atoms with Gasteiger partial charge in [0, 0.05) is 19.6 Å². The van der Waals surface area contributed by atoms with Crippen molar-refractivity contribution in [3.05, 3.63) is 0 Å². The van der Waals surface area contributed by atoms with Gasteiger partial charge in [-0.3, -0.25) is 0 Å². The first-order chi connectivity index (χ1) is 6.08. The summed E-state index contributed by atoms with van der Waals surface area (Å²) in [6, 6.07) is 0. The zero-order valence-corrected chi connectivity index (χ0v) is 9.42. The summed E-state index contributed by atoms with van der Waals surface area (Å²) in [5.41, 5.74) is 0. The van der Waals surface area contributed by atoms with E-state index in [2.05, 4.69) is 32.6 Å². The van der Waals surface area contributed by atoms with Gasteiger partial charge in [0.25, 0.3) is 0 Å². The Kier molecular flexibility index (Phi) is 4.20. The molecule has 0 aromatic heterocycles. The van der Waals surface area contributed by atoms with Gasteiger partial charge in [-0.2, -0.15) is 0 Å². The zero-order valence-electron chi connectivity index (χ0n) is 9.42. The Bertz CT molecular complexity index is 129. The van der Waals surface area contributed by atoms with Crippen molar-refractivity contribution in [1.82, 2.24) is 4.90 Å². The number of ether oxygens (including phenoxy) is 1. The van der Waals surface area contributed by atoms with Crippen molar-refractivity contribution in [2.75, 3.05) is 19.6 Å². The van der Waals surface area contributed by atoms with E-state index in [1.165, 1.54) is 19.5 Å². The molecule has 78 valence electrons. The molecule has 2 heteroatoms. The standard InChI is InChI=1S/C11H23NO/c1-9(2)7-12-6-5-11(8-12)13-10(3)4/h9-11H,5-8H2,1-4H3/t11-/m0/s1. The Hall–Kier alpha value is -0.0800. The van der Waals surface area contributed by atoms with E-state index in [1.807, 2.05) is 0 Å². The number of rotatable bonds is 4. The number of likely N-dealkylation sites (tertiary alicyclic amines) is 1. The summed E-state index contributed by atoms with van der Waals surface area (Å²) in [7, 11) is 0. The van der Waals surface area contributed by atoms with Gasteiger partial charge in [-0.05, 0) is 26.2 Å². The Balaban J connectivity index is 2.20. The van der Waals surface area contributed by atoms with Crippen LogP contribution in [0.5, 0.6) is 0 Å². The third-order valence-electron chi connectivity index (χ3n) is 2.32. The second-order valence-corrected chi connectivity index (χ2v) is 4.75. The molecule has 1 aliphatic rings. The van der Waals surface area contributed by atoms with Gasteiger partial charge in [0.2, 0.25) is 0 Å². The molecule has 0 saturated carbocycles. The van der Waals surface area contributed by atoms with Crippen LogP contribution in [0.1, 0.15) is 34.1 Å². The van der Waals surface area contributed by atoms with Gasteiger partial charge >= 0.3 is 0 Å². The van der Waals surface area contributed by atoms with Crippen LogP contribution in [0.4, 0.5) is 0 Å². The lowest BCUT2D eigenvalue weighted by Crippen LogP contribution is -2.28. The molecular formula is C11H23NO. The lowest BCUT2D eigenvalue weighted by Gasteiger charge is -2.19. The smallest absolute Gasteiger partial charge is 0.0717 e. The maximum atomic E-state index is 5.78. The van der Waals surface area contributed by atoms with E-state index in [4.69, 9.17) is 4.74 Å². The highest BCUT2D eigenvalue weighted by Crippen LogP contribution is 2.15. The van der Waals surface area contributed by atoms with E-state index < -0.39 is 0 Å². The maximum absolute atomic E-state index is 5.78. The highest BCUT2D eigenvalue weighted by molar-refractivity contribution is 4.76. The summed E-state index contributed by atoms with van der Waals surface area (Å²) >= 11 is 0. The number of hydrogen-bond acceptors (Lipinski definition) is 2. The first kappa shape index (κ1) is 11.0. The average Bonchev–Trinajstić information content (AvgIpc) is 2.33. The van der Waals surface area contributed by atoms with Crippen LogP contribution in [0.3, 0.4) is 0 Å². The van der Waals surface area contributed by atoms with Crippen molar-refractivity contribution in [2.24, 2.45) is 5.92 Å². The van der Waals surface area contributed by atoms with E-state index in [0.717, 1.165) is 12.5 Å². The fourth-order valence-corrected chi connectivity index (χ4v) is 1.98. The Morgan fingerprint density at radius 1 is 1.31 bits per heavy atom. The highest BCUT2D eigenvalue weighted by atomic mass is 16.5. The molecule has 1 rings (SSSR count). The largest absolute Gasteiger partial charge is 0.374 e. The first-order valence-corrected chi connectivity index (χ1v) is 5.45. The van der Waals surface area contributed by atoms with Crippen LogP contribution in [-0.4, -0.2) is 36.7 Å². The van der Waals surface area contributed by atoms with Crippen molar-refractivity contribution in [3.63, 3.8) is 0 Å². The van der Waals surface area contributed by atoms with Gasteiger partial charge in [0.1, 0.15) is 0 Å². The van der Waals surface area contributed by atoms with Crippen LogP contribution in [0, 0.1) is 5.92 Å². The molecule has 1 aliphatic heterocycles. The molecule has 1 saturated heterocycles. The molecule has 0 aromatic rings. The van der Waals surface area contributed by atoms with Crippen molar-refractivity contribution in [1.29, 1.82) is 0 Å². The van der Waals surface area contributed by atoms with Crippen molar-refractivity contribution in [2.45, 2.75) is 46.3 Å². The Labute approximate surface area is 82.3 Å². The Morgan fingerprint density at radius 2 is 2.00 bits per heavy atom. The van der Waals surface area contributed by atoms with E-state index >= 15 is 0 Å². The molecule has 0 aliphatic carbocycles. The van der Waals surface area contributed by atoms with Gasteiger partial charge in [0.15, 0.2) is 0 Å². The van der Waals surface area contributed by atoms with Crippen LogP contribution in [0.15, 0.2) is 0 Å². The average molecular weight is 185 g/mol. The van der Waals surface area contributed by atoms with E-state index in [-0.39, 0.29) is 0 Å². The molecule has 0 N–H and O–H groups in total. The maximum Gasteiger partial charge on any atom is 0.0717 e. The molecule has 0 spiro atoms. The van der Waals surface area contributed by atoms with E-state index in [1.54, 1.807) is 0 Å². The van der Waals surface area contributed by atoms with Crippen LogP contribution in [-0.2, 0) is 4.74 Å². The van der Waals surface area contributed by atoms with E-state index in [0.29, 0.717) is 12.2 Å². The Morgan fingerprint density at radius 3 is 2.54 bits per heavy atom. The minimum absolute atomic E-state index is 0.379. The summed E-state index contributed by atoms with van der Waals surface area (Å²) in [6.07, 6.45) is 2.08. The summed E-state index contributed by atoms with van der Waals surface area (Å²) in [6.45, 7) is 12.4. The van der Waals surface area contributed by atoms with Gasteiger partial charge in [-0.15, -0.1) is 0 Å². The normalized spacial score (nSPS) is 24.9. The van der Waals surface area contributed by atoms with Gasteiger partial charge < -0.3 is 9.64 Å². The van der Waals surface area contributed by atoms with Crippen molar-refractivity contribution in [3.8, 4) is 0 Å². The molecule has 2 nitrogen and oxygen atoms in total. The first-order valence-electron chi connectivity index (χ1n) is 5.45. The van der Waals surface area contributed by atoms with Crippen molar-refractivity contribution >= 4 is 0 Å². The third-order valence-corrected chi connectivity index (χ3v) is 2.32. The third kappa shape index (κ3) is 4.10. The summed E-state index contributed by atoms with van der Waals surface area (Å²) in [4.78, 5) is 2.51. The molecule has 13 heavy (non-hydrogen) atoms. The second-order valence-electron chi connectivity index (χ2n) is 4.75. The van der Waals surface area contributed by atoms with Gasteiger partial charge in [0.05, 0.1) is 12.2 Å². The summed E-state index contributed by atoms with van der Waals surface area (Å²) in [5.74, 6) is 0.776. The SMILES string of the molecule is CC(C)CN1CC[C@H](OC(C)C)C1. The number of hydrogen-bond donors (Lipinski definition) is 0. The van der Waals surface area contributed by atoms with Crippen LogP contribution in [0.2, 0.25) is 0 Å². The second kappa shape index (κ2) is 4.97. The molecule has 1 atom stereocenters. The summed E-state index contributed by atoms with van der Waals surface area (Å²) < 4.78 is 5.78. The van der Waals surface area contributed by atoms with Crippen LogP contribution < -0.4 is 0 Å². The van der Waals surface area contributed by atoms with Gasteiger partial charge in [-0.25, -0.2) is 0 Å². The summed E-state index contributed by atoms with van der Waals surface area (Å²) in [5, 5.41) is 0. The molecule has 1 fully saturated rings. The van der Waals surface area contributed by atoms with Crippen LogP contribution in [0.25, 0.3) is 0 Å². The quantitative estimate of drug-likeness (QED) is 0.665. The predicted octanol–water partition coefficient (Wildman–Crippen LogP) is 2.14. The molecule has 0 radical (unpaired) electrons. The molecular weight excluding hydrogens is 162 g/mol. The molecule has 0 amide bonds.